The number of aromatic hydroxyl groups is 2. The van der Waals surface area contributed by atoms with E-state index in [9.17, 15) is 15.0 Å². The third kappa shape index (κ3) is 2.10. The van der Waals surface area contributed by atoms with Crippen molar-refractivity contribution in [3.05, 3.63) is 83.9 Å². The molecule has 0 aliphatic carbocycles. The summed E-state index contributed by atoms with van der Waals surface area (Å²) >= 11 is 0. The lowest BCUT2D eigenvalue weighted by Crippen LogP contribution is -2.03. The lowest BCUT2D eigenvalue weighted by Gasteiger charge is -2.10. The van der Waals surface area contributed by atoms with E-state index in [1.54, 1.807) is 24.3 Å². The number of fused-ring (bicyclic) bond motifs is 2. The fourth-order valence-corrected chi connectivity index (χ4v) is 3.11. The highest BCUT2D eigenvalue weighted by molar-refractivity contribution is 6.22. The standard InChI is InChI=1S/C21H14O3/c22-19-11-9-17(13-5-1-3-7-15(13)19)21(24)18-10-12-20(23)16-8-4-2-6-14(16)18/h1-12,22-23H. The molecule has 0 fully saturated rings. The Bertz CT molecular complexity index is 1010. The van der Waals surface area contributed by atoms with E-state index in [2.05, 4.69) is 0 Å². The molecule has 116 valence electrons. The number of hydrogen-bond acceptors (Lipinski definition) is 3. The first-order chi connectivity index (χ1) is 11.7. The third-order valence-electron chi connectivity index (χ3n) is 4.29. The number of ketones is 1. The van der Waals surface area contributed by atoms with Gasteiger partial charge in [-0.3, -0.25) is 4.79 Å². The van der Waals surface area contributed by atoms with Crippen molar-refractivity contribution in [2.45, 2.75) is 0 Å². The summed E-state index contributed by atoms with van der Waals surface area (Å²) in [4.78, 5) is 13.1. The van der Waals surface area contributed by atoms with E-state index in [1.165, 1.54) is 12.1 Å². The second-order valence-corrected chi connectivity index (χ2v) is 5.68. The van der Waals surface area contributed by atoms with E-state index in [0.29, 0.717) is 32.7 Å². The van der Waals surface area contributed by atoms with Gasteiger partial charge in [0.2, 0.25) is 0 Å². The molecule has 0 amide bonds. The molecule has 0 heterocycles. The Morgan fingerprint density at radius 1 is 0.542 bits per heavy atom. The van der Waals surface area contributed by atoms with Crippen LogP contribution in [0.1, 0.15) is 15.9 Å². The average molecular weight is 314 g/mol. The van der Waals surface area contributed by atoms with Crippen molar-refractivity contribution in [2.75, 3.05) is 0 Å². The molecule has 2 N–H and O–H groups in total. The maximum absolute atomic E-state index is 13.1. The van der Waals surface area contributed by atoms with Gasteiger partial charge in [0.15, 0.2) is 5.78 Å². The van der Waals surface area contributed by atoms with Gasteiger partial charge in [0.25, 0.3) is 0 Å². The van der Waals surface area contributed by atoms with Gasteiger partial charge in [-0.15, -0.1) is 0 Å². The van der Waals surface area contributed by atoms with E-state index in [1.807, 2.05) is 36.4 Å². The molecule has 0 aliphatic rings. The molecule has 0 aromatic heterocycles. The van der Waals surface area contributed by atoms with E-state index in [-0.39, 0.29) is 17.3 Å². The van der Waals surface area contributed by atoms with Crippen LogP contribution in [0.4, 0.5) is 0 Å². The van der Waals surface area contributed by atoms with Crippen molar-refractivity contribution in [3.63, 3.8) is 0 Å². The van der Waals surface area contributed by atoms with Crippen LogP contribution in [0, 0.1) is 0 Å². The fourth-order valence-electron chi connectivity index (χ4n) is 3.11. The Morgan fingerprint density at radius 3 is 1.33 bits per heavy atom. The molecule has 3 nitrogen and oxygen atoms in total. The highest BCUT2D eigenvalue weighted by Crippen LogP contribution is 2.32. The minimum absolute atomic E-state index is 0.137. The minimum atomic E-state index is -0.137. The predicted octanol–water partition coefficient (Wildman–Crippen LogP) is 4.64. The molecule has 0 radical (unpaired) electrons. The van der Waals surface area contributed by atoms with Gasteiger partial charge >= 0.3 is 0 Å². The van der Waals surface area contributed by atoms with Gasteiger partial charge in [-0.25, -0.2) is 0 Å². The Balaban J connectivity index is 1.99. The van der Waals surface area contributed by atoms with Crippen LogP contribution >= 0.6 is 0 Å². The Hall–Kier alpha value is -3.33. The molecule has 0 unspecified atom stereocenters. The van der Waals surface area contributed by atoms with Gasteiger partial charge in [-0.1, -0.05) is 48.5 Å². The lowest BCUT2D eigenvalue weighted by atomic mass is 9.93. The van der Waals surface area contributed by atoms with Crippen LogP contribution < -0.4 is 0 Å². The van der Waals surface area contributed by atoms with Gasteiger partial charge in [0, 0.05) is 21.9 Å². The van der Waals surface area contributed by atoms with E-state index >= 15 is 0 Å². The first-order valence-corrected chi connectivity index (χ1v) is 7.63. The van der Waals surface area contributed by atoms with Crippen molar-refractivity contribution >= 4 is 27.3 Å². The maximum atomic E-state index is 13.1. The quantitative estimate of drug-likeness (QED) is 0.530. The summed E-state index contributed by atoms with van der Waals surface area (Å²) in [5.41, 5.74) is 1.05. The van der Waals surface area contributed by atoms with Gasteiger partial charge in [-0.05, 0) is 35.0 Å². The van der Waals surface area contributed by atoms with E-state index in [4.69, 9.17) is 0 Å². The van der Waals surface area contributed by atoms with Crippen molar-refractivity contribution in [3.8, 4) is 11.5 Å². The monoisotopic (exact) mass is 314 g/mol. The Morgan fingerprint density at radius 2 is 0.917 bits per heavy atom. The summed E-state index contributed by atoms with van der Waals surface area (Å²) in [6, 6.07) is 20.9. The van der Waals surface area contributed by atoms with Crippen molar-refractivity contribution in [2.24, 2.45) is 0 Å². The topological polar surface area (TPSA) is 57.5 Å². The van der Waals surface area contributed by atoms with Crippen LogP contribution in [0.3, 0.4) is 0 Å². The molecule has 0 bridgehead atoms. The Kier molecular flexibility index (Phi) is 3.21. The molecule has 4 aromatic rings. The van der Waals surface area contributed by atoms with Crippen LogP contribution in [-0.4, -0.2) is 16.0 Å². The summed E-state index contributed by atoms with van der Waals surface area (Å²) in [5, 5.41) is 22.7. The van der Waals surface area contributed by atoms with Crippen LogP contribution in [0.5, 0.6) is 11.5 Å². The largest absolute Gasteiger partial charge is 0.507 e. The van der Waals surface area contributed by atoms with Crippen LogP contribution in [0.2, 0.25) is 0 Å². The molecule has 0 saturated heterocycles. The van der Waals surface area contributed by atoms with Crippen LogP contribution in [0.25, 0.3) is 21.5 Å². The zero-order chi connectivity index (χ0) is 16.7. The fraction of sp³-hybridized carbons (Fsp3) is 0. The zero-order valence-electron chi connectivity index (χ0n) is 12.7. The normalized spacial score (nSPS) is 11.0. The van der Waals surface area contributed by atoms with Gasteiger partial charge < -0.3 is 10.2 Å². The minimum Gasteiger partial charge on any atom is -0.507 e. The number of phenolic OH excluding ortho intramolecular Hbond substituents is 2. The molecule has 4 rings (SSSR count). The number of phenols is 2. The highest BCUT2D eigenvalue weighted by atomic mass is 16.3. The maximum Gasteiger partial charge on any atom is 0.194 e. The van der Waals surface area contributed by atoms with E-state index < -0.39 is 0 Å². The first kappa shape index (κ1) is 14.3. The summed E-state index contributed by atoms with van der Waals surface area (Å²) in [6.45, 7) is 0. The molecule has 0 spiro atoms. The number of hydrogen-bond donors (Lipinski definition) is 2. The molecule has 24 heavy (non-hydrogen) atoms. The second kappa shape index (κ2) is 5.39. The van der Waals surface area contributed by atoms with Crippen molar-refractivity contribution < 1.29 is 15.0 Å². The third-order valence-corrected chi connectivity index (χ3v) is 4.29. The molecule has 0 atom stereocenters. The van der Waals surface area contributed by atoms with Crippen molar-refractivity contribution in [1.29, 1.82) is 0 Å². The molecular weight excluding hydrogens is 300 g/mol. The number of carbonyl (C=O) groups excluding carboxylic acids is 1. The summed E-state index contributed by atoms with van der Waals surface area (Å²) in [6.07, 6.45) is 0. The van der Waals surface area contributed by atoms with Crippen LogP contribution in [0.15, 0.2) is 72.8 Å². The first-order valence-electron chi connectivity index (χ1n) is 7.63. The zero-order valence-corrected chi connectivity index (χ0v) is 12.7. The number of benzene rings is 4. The molecule has 0 aliphatic heterocycles. The molecular formula is C21H14O3. The SMILES string of the molecule is O=C(c1ccc(O)c2ccccc12)c1ccc(O)c2ccccc12. The summed E-state index contributed by atoms with van der Waals surface area (Å²) in [7, 11) is 0. The van der Waals surface area contributed by atoms with Gasteiger partial charge in [-0.2, -0.15) is 0 Å². The Labute approximate surface area is 138 Å². The van der Waals surface area contributed by atoms with Crippen LogP contribution in [-0.2, 0) is 0 Å². The molecule has 4 aromatic carbocycles. The van der Waals surface area contributed by atoms with Gasteiger partial charge in [0.1, 0.15) is 11.5 Å². The lowest BCUT2D eigenvalue weighted by molar-refractivity contribution is 0.104. The summed E-state index contributed by atoms with van der Waals surface area (Å²) in [5.74, 6) is 0.165. The molecule has 3 heteroatoms. The number of carbonyl (C=O) groups is 1. The highest BCUT2D eigenvalue weighted by Gasteiger charge is 2.17. The predicted molar refractivity (Wildman–Crippen MR) is 94.7 cm³/mol. The average Bonchev–Trinajstić information content (AvgIpc) is 2.62. The number of rotatable bonds is 2. The van der Waals surface area contributed by atoms with Gasteiger partial charge in [0.05, 0.1) is 0 Å². The smallest absolute Gasteiger partial charge is 0.194 e. The van der Waals surface area contributed by atoms with Crippen molar-refractivity contribution in [1.82, 2.24) is 0 Å². The second-order valence-electron chi connectivity index (χ2n) is 5.68. The summed E-state index contributed by atoms with van der Waals surface area (Å²) < 4.78 is 0. The van der Waals surface area contributed by atoms with E-state index in [0.717, 1.165) is 0 Å². The molecule has 0 saturated carbocycles.